The zero-order valence-electron chi connectivity index (χ0n) is 9.66. The van der Waals surface area contributed by atoms with E-state index in [1.165, 1.54) is 12.1 Å². The topological polar surface area (TPSA) is 57.5 Å². The Morgan fingerprint density at radius 1 is 1.35 bits per heavy atom. The minimum atomic E-state index is -1.25. The standard InChI is InChI=1S/C13H15FO3/c1-8-4-5-9(15)10(11(8)14)13(12(16)17)6-2-3-7-13/h4-5,15H,2-3,6-7H2,1H3,(H,16,17). The number of hydrogen-bond donors (Lipinski definition) is 2. The molecule has 1 aliphatic carbocycles. The molecule has 0 aliphatic heterocycles. The molecule has 3 nitrogen and oxygen atoms in total. The number of benzene rings is 1. The predicted octanol–water partition coefficient (Wildman–Crippen LogP) is 2.74. The summed E-state index contributed by atoms with van der Waals surface area (Å²) in [5.41, 5.74) is -0.923. The van der Waals surface area contributed by atoms with Gasteiger partial charge in [0.2, 0.25) is 0 Å². The van der Waals surface area contributed by atoms with Crippen molar-refractivity contribution in [2.24, 2.45) is 0 Å². The molecule has 0 spiro atoms. The Bertz CT molecular complexity index is 462. The van der Waals surface area contributed by atoms with E-state index < -0.39 is 17.2 Å². The summed E-state index contributed by atoms with van der Waals surface area (Å²) in [5, 5.41) is 19.2. The summed E-state index contributed by atoms with van der Waals surface area (Å²) in [4.78, 5) is 11.5. The SMILES string of the molecule is Cc1ccc(O)c(C2(C(=O)O)CCCC2)c1F. The fourth-order valence-electron chi connectivity index (χ4n) is 2.67. The fourth-order valence-corrected chi connectivity index (χ4v) is 2.67. The second-order valence-electron chi connectivity index (χ2n) is 4.68. The highest BCUT2D eigenvalue weighted by atomic mass is 19.1. The monoisotopic (exact) mass is 238 g/mol. The molecule has 2 N–H and O–H groups in total. The minimum Gasteiger partial charge on any atom is -0.508 e. The van der Waals surface area contributed by atoms with E-state index in [2.05, 4.69) is 0 Å². The van der Waals surface area contributed by atoms with Gasteiger partial charge in [0.05, 0.1) is 5.41 Å². The summed E-state index contributed by atoms with van der Waals surface area (Å²) in [6.07, 6.45) is 2.27. The van der Waals surface area contributed by atoms with Crippen molar-refractivity contribution in [1.82, 2.24) is 0 Å². The Balaban J connectivity index is 2.66. The first-order valence-corrected chi connectivity index (χ1v) is 5.71. The first-order valence-electron chi connectivity index (χ1n) is 5.71. The molecule has 0 bridgehead atoms. The Kier molecular flexibility index (Phi) is 2.81. The lowest BCUT2D eigenvalue weighted by molar-refractivity contribution is -0.143. The number of halogens is 1. The Morgan fingerprint density at radius 2 is 1.94 bits per heavy atom. The lowest BCUT2D eigenvalue weighted by Gasteiger charge is -2.26. The molecule has 0 radical (unpaired) electrons. The lowest BCUT2D eigenvalue weighted by atomic mass is 9.77. The second-order valence-corrected chi connectivity index (χ2v) is 4.68. The smallest absolute Gasteiger partial charge is 0.314 e. The molecule has 92 valence electrons. The quantitative estimate of drug-likeness (QED) is 0.832. The highest BCUT2D eigenvalue weighted by Crippen LogP contribution is 2.46. The molecular weight excluding hydrogens is 223 g/mol. The number of carboxylic acids is 1. The van der Waals surface area contributed by atoms with Crippen LogP contribution in [-0.4, -0.2) is 16.2 Å². The number of carbonyl (C=O) groups is 1. The number of carboxylic acid groups (broad SMARTS) is 1. The first kappa shape index (κ1) is 11.9. The molecular formula is C13H15FO3. The summed E-state index contributed by atoms with van der Waals surface area (Å²) < 4.78 is 14.1. The van der Waals surface area contributed by atoms with Crippen LogP contribution in [0.2, 0.25) is 0 Å². The van der Waals surface area contributed by atoms with Crippen molar-refractivity contribution < 1.29 is 19.4 Å². The van der Waals surface area contributed by atoms with Gasteiger partial charge < -0.3 is 10.2 Å². The number of phenols is 1. The molecule has 0 atom stereocenters. The lowest BCUT2D eigenvalue weighted by Crippen LogP contribution is -2.34. The van der Waals surface area contributed by atoms with Crippen LogP contribution in [0.25, 0.3) is 0 Å². The predicted molar refractivity (Wildman–Crippen MR) is 60.6 cm³/mol. The Hall–Kier alpha value is -1.58. The van der Waals surface area contributed by atoms with Crippen molar-refractivity contribution >= 4 is 5.97 Å². The third-order valence-corrected chi connectivity index (χ3v) is 3.66. The summed E-state index contributed by atoms with van der Waals surface area (Å²) in [6, 6.07) is 2.83. The molecule has 17 heavy (non-hydrogen) atoms. The molecule has 0 amide bonds. The van der Waals surface area contributed by atoms with Gasteiger partial charge in [-0.1, -0.05) is 18.9 Å². The van der Waals surface area contributed by atoms with E-state index in [4.69, 9.17) is 0 Å². The van der Waals surface area contributed by atoms with E-state index in [0.717, 1.165) is 12.8 Å². The summed E-state index contributed by atoms with van der Waals surface area (Å²) >= 11 is 0. The third-order valence-electron chi connectivity index (χ3n) is 3.66. The fraction of sp³-hybridized carbons (Fsp3) is 0.462. The normalized spacial score (nSPS) is 18.2. The molecule has 0 saturated heterocycles. The number of phenolic OH excluding ortho intramolecular Hbond substituents is 1. The van der Waals surface area contributed by atoms with Gasteiger partial charge in [-0.3, -0.25) is 4.79 Å². The van der Waals surface area contributed by atoms with Crippen LogP contribution in [0.4, 0.5) is 4.39 Å². The number of aliphatic carboxylic acids is 1. The maximum atomic E-state index is 14.1. The maximum Gasteiger partial charge on any atom is 0.314 e. The zero-order valence-corrected chi connectivity index (χ0v) is 9.66. The van der Waals surface area contributed by atoms with E-state index in [1.54, 1.807) is 6.92 Å². The summed E-state index contributed by atoms with van der Waals surface area (Å²) in [7, 11) is 0. The van der Waals surface area contributed by atoms with Gasteiger partial charge in [-0.2, -0.15) is 0 Å². The molecule has 1 aromatic rings. The van der Waals surface area contributed by atoms with Gasteiger partial charge in [0.1, 0.15) is 11.6 Å². The minimum absolute atomic E-state index is 0.0394. The van der Waals surface area contributed by atoms with Crippen molar-refractivity contribution in [3.05, 3.63) is 29.1 Å². The average Bonchev–Trinajstić information content (AvgIpc) is 2.74. The van der Waals surface area contributed by atoms with Gasteiger partial charge in [-0.25, -0.2) is 4.39 Å². The van der Waals surface area contributed by atoms with Crippen LogP contribution in [0.5, 0.6) is 5.75 Å². The molecule has 2 rings (SSSR count). The highest BCUT2D eigenvalue weighted by Gasteiger charge is 2.46. The van der Waals surface area contributed by atoms with Gasteiger partial charge in [-0.05, 0) is 31.4 Å². The number of aryl methyl sites for hydroxylation is 1. The second kappa shape index (κ2) is 4.02. The molecule has 1 aliphatic rings. The number of aromatic hydroxyl groups is 1. The van der Waals surface area contributed by atoms with Crippen LogP contribution in [-0.2, 0) is 10.2 Å². The summed E-state index contributed by atoms with van der Waals surface area (Å²) in [6.45, 7) is 1.57. The molecule has 0 heterocycles. The molecule has 0 aromatic heterocycles. The number of hydrogen-bond acceptors (Lipinski definition) is 2. The van der Waals surface area contributed by atoms with Crippen LogP contribution >= 0.6 is 0 Å². The van der Waals surface area contributed by atoms with Crippen LogP contribution in [0.1, 0.15) is 36.8 Å². The first-order chi connectivity index (χ1) is 7.99. The molecule has 0 unspecified atom stereocenters. The largest absolute Gasteiger partial charge is 0.508 e. The van der Waals surface area contributed by atoms with Gasteiger partial charge in [0, 0.05) is 5.56 Å². The third kappa shape index (κ3) is 1.68. The van der Waals surface area contributed by atoms with E-state index >= 15 is 0 Å². The number of rotatable bonds is 2. The molecule has 4 heteroatoms. The van der Waals surface area contributed by atoms with Gasteiger partial charge in [0.15, 0.2) is 0 Å². The molecule has 1 aromatic carbocycles. The van der Waals surface area contributed by atoms with Crippen molar-refractivity contribution in [2.45, 2.75) is 38.0 Å². The average molecular weight is 238 g/mol. The highest BCUT2D eigenvalue weighted by molar-refractivity contribution is 5.83. The van der Waals surface area contributed by atoms with E-state index in [9.17, 15) is 19.4 Å². The molecule has 1 fully saturated rings. The molecule has 1 saturated carbocycles. The maximum absolute atomic E-state index is 14.1. The van der Waals surface area contributed by atoms with Gasteiger partial charge >= 0.3 is 5.97 Å². The van der Waals surface area contributed by atoms with E-state index in [-0.39, 0.29) is 11.3 Å². The van der Waals surface area contributed by atoms with Crippen LogP contribution < -0.4 is 0 Å². The van der Waals surface area contributed by atoms with E-state index in [1.807, 2.05) is 0 Å². The van der Waals surface area contributed by atoms with E-state index in [0.29, 0.717) is 18.4 Å². The van der Waals surface area contributed by atoms with Crippen molar-refractivity contribution in [3.63, 3.8) is 0 Å². The van der Waals surface area contributed by atoms with Crippen LogP contribution in [0, 0.1) is 12.7 Å². The summed E-state index contributed by atoms with van der Waals surface area (Å²) in [5.74, 6) is -1.89. The van der Waals surface area contributed by atoms with Crippen molar-refractivity contribution in [2.75, 3.05) is 0 Å². The zero-order chi connectivity index (χ0) is 12.6. The van der Waals surface area contributed by atoms with Crippen LogP contribution in [0.3, 0.4) is 0 Å². The van der Waals surface area contributed by atoms with Crippen molar-refractivity contribution in [1.29, 1.82) is 0 Å². The Morgan fingerprint density at radius 3 is 2.47 bits per heavy atom. The van der Waals surface area contributed by atoms with Gasteiger partial charge in [0.25, 0.3) is 0 Å². The Labute approximate surface area is 98.9 Å². The van der Waals surface area contributed by atoms with Crippen LogP contribution in [0.15, 0.2) is 12.1 Å². The van der Waals surface area contributed by atoms with Gasteiger partial charge in [-0.15, -0.1) is 0 Å². The van der Waals surface area contributed by atoms with Crippen molar-refractivity contribution in [3.8, 4) is 5.75 Å².